The molecule has 88 valence electrons. The van der Waals surface area contributed by atoms with Crippen LogP contribution in [0.5, 0.6) is 0 Å². The lowest BCUT2D eigenvalue weighted by Crippen LogP contribution is -1.99. The molecule has 0 amide bonds. The molecule has 0 saturated heterocycles. The van der Waals surface area contributed by atoms with Crippen LogP contribution in [0.1, 0.15) is 22.1 Å². The van der Waals surface area contributed by atoms with E-state index in [4.69, 9.17) is 11.6 Å². The molecule has 0 nitrogen and oxygen atoms in total. The van der Waals surface area contributed by atoms with Gasteiger partial charge in [0.25, 0.3) is 0 Å². The van der Waals surface area contributed by atoms with Crippen molar-refractivity contribution >= 4 is 11.6 Å². The van der Waals surface area contributed by atoms with Crippen LogP contribution in [0, 0.1) is 12.7 Å². The first-order valence-electron chi connectivity index (χ1n) is 5.61. The Morgan fingerprint density at radius 2 is 1.82 bits per heavy atom. The van der Waals surface area contributed by atoms with E-state index in [1.807, 2.05) is 43.3 Å². The van der Waals surface area contributed by atoms with Gasteiger partial charge >= 0.3 is 0 Å². The molecule has 0 bridgehead atoms. The Labute approximate surface area is 106 Å². The number of halogens is 2. The normalized spacial score (nSPS) is 12.4. The monoisotopic (exact) mass is 248 g/mol. The molecule has 1 atom stereocenters. The van der Waals surface area contributed by atoms with Crippen LogP contribution in [-0.2, 0) is 6.42 Å². The van der Waals surface area contributed by atoms with Gasteiger partial charge in [0.05, 0.1) is 5.38 Å². The SMILES string of the molecule is Cc1ccc(F)c(C(Cl)Cc2ccccc2)c1. The number of alkyl halides is 1. The summed E-state index contributed by atoms with van der Waals surface area (Å²) < 4.78 is 13.6. The van der Waals surface area contributed by atoms with Crippen LogP contribution in [0.25, 0.3) is 0 Å². The second kappa shape index (κ2) is 5.33. The molecule has 0 aromatic heterocycles. The summed E-state index contributed by atoms with van der Waals surface area (Å²) in [4.78, 5) is 0. The summed E-state index contributed by atoms with van der Waals surface area (Å²) in [6.45, 7) is 1.94. The molecule has 0 N–H and O–H groups in total. The van der Waals surface area contributed by atoms with E-state index in [0.717, 1.165) is 11.1 Å². The maximum atomic E-state index is 13.6. The minimum Gasteiger partial charge on any atom is -0.207 e. The summed E-state index contributed by atoms with van der Waals surface area (Å²) in [5.41, 5.74) is 2.73. The van der Waals surface area contributed by atoms with Gasteiger partial charge in [-0.15, -0.1) is 11.6 Å². The van der Waals surface area contributed by atoms with Crippen molar-refractivity contribution in [3.63, 3.8) is 0 Å². The highest BCUT2D eigenvalue weighted by molar-refractivity contribution is 6.20. The highest BCUT2D eigenvalue weighted by atomic mass is 35.5. The molecule has 2 rings (SSSR count). The predicted molar refractivity (Wildman–Crippen MR) is 69.9 cm³/mol. The number of aryl methyl sites for hydroxylation is 1. The van der Waals surface area contributed by atoms with Crippen molar-refractivity contribution in [2.45, 2.75) is 18.7 Å². The summed E-state index contributed by atoms with van der Waals surface area (Å²) in [5.74, 6) is -0.230. The fourth-order valence-corrected chi connectivity index (χ4v) is 2.18. The van der Waals surface area contributed by atoms with Crippen molar-refractivity contribution < 1.29 is 4.39 Å². The molecule has 0 aliphatic carbocycles. The molecule has 2 heteroatoms. The third-order valence-electron chi connectivity index (χ3n) is 2.75. The number of hydrogen-bond donors (Lipinski definition) is 0. The van der Waals surface area contributed by atoms with Crippen LogP contribution < -0.4 is 0 Å². The molecule has 0 spiro atoms. The lowest BCUT2D eigenvalue weighted by molar-refractivity contribution is 0.605. The van der Waals surface area contributed by atoms with Gasteiger partial charge in [0.2, 0.25) is 0 Å². The predicted octanol–water partition coefficient (Wildman–Crippen LogP) is 4.66. The summed E-state index contributed by atoms with van der Waals surface area (Å²) >= 11 is 6.28. The smallest absolute Gasteiger partial charge is 0.127 e. The summed E-state index contributed by atoms with van der Waals surface area (Å²) in [7, 11) is 0. The maximum Gasteiger partial charge on any atom is 0.127 e. The molecule has 0 fully saturated rings. The van der Waals surface area contributed by atoms with E-state index >= 15 is 0 Å². The van der Waals surface area contributed by atoms with Crippen LogP contribution in [-0.4, -0.2) is 0 Å². The quantitative estimate of drug-likeness (QED) is 0.694. The van der Waals surface area contributed by atoms with E-state index in [1.165, 1.54) is 6.07 Å². The van der Waals surface area contributed by atoms with Crippen LogP contribution in [0.4, 0.5) is 4.39 Å². The molecule has 0 saturated carbocycles. The zero-order valence-electron chi connectivity index (χ0n) is 9.66. The van der Waals surface area contributed by atoms with E-state index in [2.05, 4.69) is 0 Å². The summed E-state index contributed by atoms with van der Waals surface area (Å²) in [6.07, 6.45) is 0.642. The van der Waals surface area contributed by atoms with E-state index < -0.39 is 0 Å². The minimum atomic E-state index is -0.322. The van der Waals surface area contributed by atoms with Gasteiger partial charge in [-0.2, -0.15) is 0 Å². The molecule has 0 heterocycles. The van der Waals surface area contributed by atoms with Crippen molar-refractivity contribution in [3.8, 4) is 0 Å². The Morgan fingerprint density at radius 3 is 2.53 bits per heavy atom. The van der Waals surface area contributed by atoms with Gasteiger partial charge < -0.3 is 0 Å². The molecule has 2 aromatic carbocycles. The first-order valence-corrected chi connectivity index (χ1v) is 6.04. The van der Waals surface area contributed by atoms with E-state index in [1.54, 1.807) is 6.07 Å². The fraction of sp³-hybridized carbons (Fsp3) is 0.200. The van der Waals surface area contributed by atoms with Gasteiger partial charge in [-0.05, 0) is 25.0 Å². The van der Waals surface area contributed by atoms with Crippen LogP contribution in [0.3, 0.4) is 0 Å². The lowest BCUT2D eigenvalue weighted by atomic mass is 10.0. The lowest BCUT2D eigenvalue weighted by Gasteiger charge is -2.11. The molecule has 0 radical (unpaired) electrons. The standard InChI is InChI=1S/C15H14ClF/c1-11-7-8-15(17)13(9-11)14(16)10-12-5-3-2-4-6-12/h2-9,14H,10H2,1H3. The molecular weight excluding hydrogens is 235 g/mol. The van der Waals surface area contributed by atoms with Crippen LogP contribution in [0.15, 0.2) is 48.5 Å². The Bertz CT molecular complexity index is 494. The first kappa shape index (κ1) is 12.1. The Hall–Kier alpha value is -1.34. The highest BCUT2D eigenvalue weighted by Crippen LogP contribution is 2.27. The average Bonchev–Trinajstić information content (AvgIpc) is 2.33. The zero-order valence-corrected chi connectivity index (χ0v) is 10.4. The van der Waals surface area contributed by atoms with Gasteiger partial charge in [0.1, 0.15) is 5.82 Å². The molecule has 0 aliphatic heterocycles. The van der Waals surface area contributed by atoms with Crippen molar-refractivity contribution in [3.05, 3.63) is 71.0 Å². The second-order valence-corrected chi connectivity index (χ2v) is 4.71. The largest absolute Gasteiger partial charge is 0.207 e. The average molecular weight is 249 g/mol. The first-order chi connectivity index (χ1) is 8.16. The number of hydrogen-bond acceptors (Lipinski definition) is 0. The molecule has 0 aliphatic rings. The summed E-state index contributed by atoms with van der Waals surface area (Å²) in [6, 6.07) is 14.9. The number of rotatable bonds is 3. The van der Waals surface area contributed by atoms with Crippen molar-refractivity contribution in [1.82, 2.24) is 0 Å². The third kappa shape index (κ3) is 3.07. The Kier molecular flexibility index (Phi) is 3.80. The molecule has 2 aromatic rings. The van der Waals surface area contributed by atoms with E-state index in [9.17, 15) is 4.39 Å². The summed E-state index contributed by atoms with van der Waals surface area (Å²) in [5, 5.41) is -0.322. The van der Waals surface area contributed by atoms with Crippen LogP contribution in [0.2, 0.25) is 0 Å². The zero-order chi connectivity index (χ0) is 12.3. The number of benzene rings is 2. The van der Waals surface area contributed by atoms with Crippen LogP contribution >= 0.6 is 11.6 Å². The van der Waals surface area contributed by atoms with Gasteiger partial charge in [0.15, 0.2) is 0 Å². The van der Waals surface area contributed by atoms with Crippen molar-refractivity contribution in [2.24, 2.45) is 0 Å². The third-order valence-corrected chi connectivity index (χ3v) is 3.14. The van der Waals surface area contributed by atoms with Gasteiger partial charge in [-0.3, -0.25) is 0 Å². The Balaban J connectivity index is 2.20. The highest BCUT2D eigenvalue weighted by Gasteiger charge is 2.13. The minimum absolute atomic E-state index is 0.230. The van der Waals surface area contributed by atoms with Crippen molar-refractivity contribution in [2.75, 3.05) is 0 Å². The maximum absolute atomic E-state index is 13.6. The topological polar surface area (TPSA) is 0 Å². The molecule has 1 unspecified atom stereocenters. The van der Waals surface area contributed by atoms with Crippen molar-refractivity contribution in [1.29, 1.82) is 0 Å². The second-order valence-electron chi connectivity index (χ2n) is 4.18. The van der Waals surface area contributed by atoms with E-state index in [0.29, 0.717) is 12.0 Å². The van der Waals surface area contributed by atoms with Gasteiger partial charge in [-0.1, -0.05) is 48.0 Å². The molecule has 17 heavy (non-hydrogen) atoms. The van der Waals surface area contributed by atoms with Gasteiger partial charge in [-0.25, -0.2) is 4.39 Å². The Morgan fingerprint density at radius 1 is 1.12 bits per heavy atom. The van der Waals surface area contributed by atoms with Gasteiger partial charge in [0, 0.05) is 5.56 Å². The fourth-order valence-electron chi connectivity index (χ4n) is 1.83. The molecular formula is C15H14ClF. The van der Waals surface area contributed by atoms with E-state index in [-0.39, 0.29) is 11.2 Å².